The Hall–Kier alpha value is -2.33. The molecule has 2 rings (SSSR count). The minimum atomic E-state index is -0.584. The number of esters is 1. The Morgan fingerprint density at radius 2 is 1.28 bits per heavy atom. The molecule has 0 aliphatic heterocycles. The van der Waals surface area contributed by atoms with Crippen LogP contribution >= 0.6 is 0 Å². The fourth-order valence-corrected chi connectivity index (χ4v) is 5.02. The molecule has 0 aliphatic rings. The number of hydrogen-bond acceptors (Lipinski definition) is 3. The number of aryl methyl sites for hydroxylation is 1. The monoisotopic (exact) mass is 538 g/mol. The van der Waals surface area contributed by atoms with E-state index in [4.69, 9.17) is 9.47 Å². The van der Waals surface area contributed by atoms with Gasteiger partial charge >= 0.3 is 5.97 Å². The second kappa shape index (κ2) is 18.9. The van der Waals surface area contributed by atoms with Gasteiger partial charge in [-0.25, -0.2) is 4.79 Å². The van der Waals surface area contributed by atoms with Gasteiger partial charge in [-0.2, -0.15) is 0 Å². The van der Waals surface area contributed by atoms with Crippen molar-refractivity contribution in [3.8, 4) is 5.75 Å². The average molecular weight is 539 g/mol. The number of likely N-dealkylation sites (N-methyl/N-ethyl adjacent to an activating group) is 1. The number of unbranched alkanes of at least 4 members (excludes halogenated alkanes) is 11. The summed E-state index contributed by atoms with van der Waals surface area (Å²) in [7, 11) is 4.15. The number of hydrogen-bond donors (Lipinski definition) is 0. The quantitative estimate of drug-likeness (QED) is 0.0687. The van der Waals surface area contributed by atoms with E-state index < -0.39 is 6.29 Å². The van der Waals surface area contributed by atoms with E-state index in [1.807, 2.05) is 44.2 Å². The first-order valence-electron chi connectivity index (χ1n) is 15.7. The molecule has 0 amide bonds. The molecular weight excluding hydrogens is 482 g/mol. The van der Waals surface area contributed by atoms with Gasteiger partial charge in [0, 0.05) is 12.0 Å². The molecule has 0 bridgehead atoms. The Labute approximate surface area is 239 Å². The van der Waals surface area contributed by atoms with E-state index >= 15 is 0 Å². The van der Waals surface area contributed by atoms with Crippen LogP contribution in [0.25, 0.3) is 0 Å². The summed E-state index contributed by atoms with van der Waals surface area (Å²) in [6, 6.07) is 18.2. The van der Waals surface area contributed by atoms with E-state index in [2.05, 4.69) is 45.3 Å². The third-order valence-electron chi connectivity index (χ3n) is 7.93. The molecule has 39 heavy (non-hydrogen) atoms. The van der Waals surface area contributed by atoms with Crippen molar-refractivity contribution in [1.29, 1.82) is 0 Å². The van der Waals surface area contributed by atoms with Crippen molar-refractivity contribution in [1.82, 2.24) is 0 Å². The summed E-state index contributed by atoms with van der Waals surface area (Å²) in [5, 5.41) is 0. The third-order valence-corrected chi connectivity index (χ3v) is 7.93. The number of rotatable bonds is 21. The van der Waals surface area contributed by atoms with Gasteiger partial charge in [-0.05, 0) is 31.4 Å². The van der Waals surface area contributed by atoms with Crippen molar-refractivity contribution in [2.24, 2.45) is 0 Å². The highest BCUT2D eigenvalue weighted by atomic mass is 16.7. The molecule has 2 aromatic rings. The molecule has 0 spiro atoms. The zero-order valence-electron chi connectivity index (χ0n) is 25.6. The maximum atomic E-state index is 13.1. The van der Waals surface area contributed by atoms with Crippen LogP contribution in [0.3, 0.4) is 0 Å². The van der Waals surface area contributed by atoms with Gasteiger partial charge in [0.2, 0.25) is 6.29 Å². The van der Waals surface area contributed by atoms with E-state index in [1.54, 1.807) is 0 Å². The zero-order chi connectivity index (χ0) is 28.3. The number of quaternary nitrogens is 1. The summed E-state index contributed by atoms with van der Waals surface area (Å²) in [5.41, 5.74) is 2.41. The predicted octanol–water partition coefficient (Wildman–Crippen LogP) is 9.25. The molecule has 0 saturated heterocycles. The molecule has 4 nitrogen and oxygen atoms in total. The van der Waals surface area contributed by atoms with Gasteiger partial charge in [0.25, 0.3) is 0 Å². The van der Waals surface area contributed by atoms with Crippen molar-refractivity contribution < 1.29 is 18.8 Å². The number of benzene rings is 2. The second-order valence-electron chi connectivity index (χ2n) is 11.7. The number of ether oxygens (including phenoxy) is 2. The standard InChI is InChI=1S/C35H56NO3/c1-6-8-9-10-11-12-13-14-15-16-17-21-26-32-27-22-23-28-33(32)38-34(7-2)39-35(37)30(3)36(4,5)29-31-24-19-18-20-25-31/h18-20,22-25,27-28,30,34H,6-17,21,26,29H2,1-5H3/q+1. The second-order valence-corrected chi connectivity index (χ2v) is 11.7. The Morgan fingerprint density at radius 1 is 0.744 bits per heavy atom. The molecule has 2 atom stereocenters. The van der Waals surface area contributed by atoms with Crippen LogP contribution < -0.4 is 4.74 Å². The lowest BCUT2D eigenvalue weighted by Crippen LogP contribution is -2.52. The van der Waals surface area contributed by atoms with E-state index in [0.717, 1.165) is 25.1 Å². The summed E-state index contributed by atoms with van der Waals surface area (Å²) >= 11 is 0. The molecule has 0 saturated carbocycles. The number of carbonyl (C=O) groups is 1. The predicted molar refractivity (Wildman–Crippen MR) is 164 cm³/mol. The van der Waals surface area contributed by atoms with Crippen molar-refractivity contribution in [3.05, 3.63) is 65.7 Å². The highest BCUT2D eigenvalue weighted by Gasteiger charge is 2.34. The summed E-state index contributed by atoms with van der Waals surface area (Å²) < 4.78 is 12.7. The normalized spacial score (nSPS) is 13.2. The minimum Gasteiger partial charge on any atom is -0.455 e. The SMILES string of the molecule is CCCCCCCCCCCCCCc1ccccc1OC(CC)OC(=O)C(C)[N+](C)(C)Cc1ccccc1. The van der Waals surface area contributed by atoms with Crippen molar-refractivity contribution in [2.75, 3.05) is 14.1 Å². The maximum absolute atomic E-state index is 13.1. The van der Waals surface area contributed by atoms with E-state index in [1.165, 1.54) is 81.8 Å². The fraction of sp³-hybridized carbons (Fsp3) is 0.629. The van der Waals surface area contributed by atoms with Gasteiger partial charge in [0.1, 0.15) is 12.3 Å². The largest absolute Gasteiger partial charge is 0.455 e. The average Bonchev–Trinajstić information content (AvgIpc) is 2.93. The maximum Gasteiger partial charge on any atom is 0.367 e. The molecular formula is C35H56NO3+. The molecule has 0 aliphatic carbocycles. The zero-order valence-corrected chi connectivity index (χ0v) is 25.6. The van der Waals surface area contributed by atoms with Crippen LogP contribution in [0.15, 0.2) is 54.6 Å². The van der Waals surface area contributed by atoms with Crippen LogP contribution in [0.1, 0.15) is 115 Å². The highest BCUT2D eigenvalue weighted by Crippen LogP contribution is 2.24. The van der Waals surface area contributed by atoms with Gasteiger partial charge in [-0.1, -0.05) is 133 Å². The Kier molecular flexibility index (Phi) is 15.9. The Bertz CT molecular complexity index is 911. The molecule has 2 aromatic carbocycles. The Morgan fingerprint density at radius 3 is 1.87 bits per heavy atom. The van der Waals surface area contributed by atoms with Gasteiger partial charge in [0.05, 0.1) is 14.1 Å². The van der Waals surface area contributed by atoms with Crippen LogP contribution in [-0.2, 0) is 22.5 Å². The fourth-order valence-electron chi connectivity index (χ4n) is 5.02. The van der Waals surface area contributed by atoms with Crippen molar-refractivity contribution >= 4 is 5.97 Å². The first kappa shape index (κ1) is 32.9. The number of nitrogens with zero attached hydrogens (tertiary/aromatic N) is 1. The van der Waals surface area contributed by atoms with Crippen LogP contribution in [0.5, 0.6) is 5.75 Å². The topological polar surface area (TPSA) is 35.5 Å². The van der Waals surface area contributed by atoms with E-state index in [9.17, 15) is 4.79 Å². The summed E-state index contributed by atoms with van der Waals surface area (Å²) in [5.74, 6) is 0.618. The lowest BCUT2D eigenvalue weighted by molar-refractivity contribution is -0.917. The minimum absolute atomic E-state index is 0.221. The van der Waals surface area contributed by atoms with Crippen molar-refractivity contribution in [2.45, 2.75) is 130 Å². The third kappa shape index (κ3) is 13.0. The molecule has 0 N–H and O–H groups in total. The van der Waals surface area contributed by atoms with Crippen LogP contribution in [-0.4, -0.2) is 36.9 Å². The molecule has 2 unspecified atom stereocenters. The summed E-state index contributed by atoms with van der Waals surface area (Å²) in [4.78, 5) is 13.1. The molecule has 0 aromatic heterocycles. The van der Waals surface area contributed by atoms with Gasteiger partial charge in [0.15, 0.2) is 6.04 Å². The van der Waals surface area contributed by atoms with Gasteiger partial charge < -0.3 is 14.0 Å². The van der Waals surface area contributed by atoms with Crippen LogP contribution in [0, 0.1) is 0 Å². The summed E-state index contributed by atoms with van der Waals surface area (Å²) in [6.07, 6.45) is 17.2. The number of carbonyl (C=O) groups excluding carboxylic acids is 1. The lowest BCUT2D eigenvalue weighted by atomic mass is 10.0. The molecule has 0 fully saturated rings. The van der Waals surface area contributed by atoms with E-state index in [-0.39, 0.29) is 12.0 Å². The summed E-state index contributed by atoms with van der Waals surface area (Å²) in [6.45, 7) is 6.98. The highest BCUT2D eigenvalue weighted by molar-refractivity contribution is 5.74. The molecule has 218 valence electrons. The van der Waals surface area contributed by atoms with E-state index in [0.29, 0.717) is 10.9 Å². The lowest BCUT2D eigenvalue weighted by Gasteiger charge is -2.35. The van der Waals surface area contributed by atoms with Gasteiger partial charge in [-0.3, -0.25) is 0 Å². The van der Waals surface area contributed by atoms with Crippen molar-refractivity contribution in [3.63, 3.8) is 0 Å². The van der Waals surface area contributed by atoms with Crippen LogP contribution in [0.2, 0.25) is 0 Å². The number of para-hydroxylation sites is 1. The van der Waals surface area contributed by atoms with Crippen LogP contribution in [0.4, 0.5) is 0 Å². The Balaban J connectivity index is 1.74. The first-order valence-corrected chi connectivity index (χ1v) is 15.7. The molecule has 0 heterocycles. The first-order chi connectivity index (χ1) is 18.9. The smallest absolute Gasteiger partial charge is 0.367 e. The molecule has 4 heteroatoms. The van der Waals surface area contributed by atoms with Gasteiger partial charge in [-0.15, -0.1) is 0 Å². The molecule has 0 radical (unpaired) electrons.